The number of likely N-dealkylation sites (N-methyl/N-ethyl adjacent to an activating group) is 1. The lowest BCUT2D eigenvalue weighted by Gasteiger charge is -2.28. The van der Waals surface area contributed by atoms with Gasteiger partial charge in [0.15, 0.2) is 5.96 Å². The summed E-state index contributed by atoms with van der Waals surface area (Å²) in [5, 5.41) is 17.5. The zero-order chi connectivity index (χ0) is 21.3. The maximum atomic E-state index is 10.8. The molecule has 0 bridgehead atoms. The molecule has 2 aromatic carbocycles. The summed E-state index contributed by atoms with van der Waals surface area (Å²) in [6.45, 7) is 5.45. The first-order valence-corrected chi connectivity index (χ1v) is 9.98. The lowest BCUT2D eigenvalue weighted by molar-refractivity contribution is 0.0672. The highest BCUT2D eigenvalue weighted by Gasteiger charge is 2.23. The second kappa shape index (κ2) is 10.8. The van der Waals surface area contributed by atoms with Crippen LogP contribution >= 0.6 is 0 Å². The van der Waals surface area contributed by atoms with Crippen LogP contribution in [0.4, 0.5) is 0 Å². The van der Waals surface area contributed by atoms with Crippen LogP contribution in [0.5, 0.6) is 5.75 Å². The van der Waals surface area contributed by atoms with Gasteiger partial charge in [0, 0.05) is 18.7 Å². The SMILES string of the molecule is CCNC(=NCC(C)(O)c1ccccc1)NCC(c1ccccc1OC)N(C)C. The van der Waals surface area contributed by atoms with Gasteiger partial charge in [-0.3, -0.25) is 0 Å². The average molecular weight is 399 g/mol. The van der Waals surface area contributed by atoms with E-state index in [-0.39, 0.29) is 12.6 Å². The largest absolute Gasteiger partial charge is 0.496 e. The van der Waals surface area contributed by atoms with Crippen molar-refractivity contribution in [1.82, 2.24) is 15.5 Å². The molecule has 158 valence electrons. The van der Waals surface area contributed by atoms with Gasteiger partial charge in [-0.1, -0.05) is 48.5 Å². The minimum Gasteiger partial charge on any atom is -0.496 e. The van der Waals surface area contributed by atoms with Gasteiger partial charge in [-0.2, -0.15) is 0 Å². The number of rotatable bonds is 9. The van der Waals surface area contributed by atoms with Crippen LogP contribution in [-0.4, -0.2) is 56.8 Å². The van der Waals surface area contributed by atoms with E-state index in [0.717, 1.165) is 23.4 Å². The molecule has 0 aliphatic carbocycles. The number of nitrogens with one attached hydrogen (secondary N) is 2. The molecule has 3 N–H and O–H groups in total. The topological polar surface area (TPSA) is 69.1 Å². The summed E-state index contributed by atoms with van der Waals surface area (Å²) in [6.07, 6.45) is 0. The predicted molar refractivity (Wildman–Crippen MR) is 119 cm³/mol. The summed E-state index contributed by atoms with van der Waals surface area (Å²) in [6, 6.07) is 17.8. The summed E-state index contributed by atoms with van der Waals surface area (Å²) >= 11 is 0. The molecule has 0 amide bonds. The van der Waals surface area contributed by atoms with Crippen molar-refractivity contribution >= 4 is 5.96 Å². The van der Waals surface area contributed by atoms with Crippen molar-refractivity contribution in [2.75, 3.05) is 40.8 Å². The van der Waals surface area contributed by atoms with E-state index in [9.17, 15) is 5.11 Å². The summed E-state index contributed by atoms with van der Waals surface area (Å²) in [7, 11) is 5.78. The average Bonchev–Trinajstić information content (AvgIpc) is 2.73. The van der Waals surface area contributed by atoms with E-state index < -0.39 is 5.60 Å². The van der Waals surface area contributed by atoms with Crippen LogP contribution in [0.15, 0.2) is 59.6 Å². The van der Waals surface area contributed by atoms with Gasteiger partial charge in [-0.05, 0) is 39.6 Å². The van der Waals surface area contributed by atoms with Crippen LogP contribution < -0.4 is 15.4 Å². The number of nitrogens with zero attached hydrogens (tertiary/aromatic N) is 2. The number of benzene rings is 2. The lowest BCUT2D eigenvalue weighted by atomic mass is 9.96. The molecular formula is C23H34N4O2. The second-order valence-electron chi connectivity index (χ2n) is 7.44. The molecule has 6 nitrogen and oxygen atoms in total. The monoisotopic (exact) mass is 398 g/mol. The van der Waals surface area contributed by atoms with Crippen molar-refractivity contribution < 1.29 is 9.84 Å². The van der Waals surface area contributed by atoms with Crippen LogP contribution in [0.3, 0.4) is 0 Å². The van der Waals surface area contributed by atoms with E-state index in [4.69, 9.17) is 4.74 Å². The van der Waals surface area contributed by atoms with Crippen LogP contribution in [0.25, 0.3) is 0 Å². The van der Waals surface area contributed by atoms with Crippen molar-refractivity contribution in [1.29, 1.82) is 0 Å². The van der Waals surface area contributed by atoms with Crippen molar-refractivity contribution in [2.24, 2.45) is 4.99 Å². The number of aliphatic imine (C=N–C) groups is 1. The van der Waals surface area contributed by atoms with E-state index in [1.165, 1.54) is 0 Å². The highest BCUT2D eigenvalue weighted by atomic mass is 16.5. The summed E-state index contributed by atoms with van der Waals surface area (Å²) in [5.41, 5.74) is 0.923. The zero-order valence-corrected chi connectivity index (χ0v) is 18.1. The van der Waals surface area contributed by atoms with E-state index in [2.05, 4.69) is 26.6 Å². The molecule has 2 unspecified atom stereocenters. The van der Waals surface area contributed by atoms with Gasteiger partial charge in [0.1, 0.15) is 11.4 Å². The third-order valence-electron chi connectivity index (χ3n) is 4.87. The molecule has 0 aliphatic heterocycles. The zero-order valence-electron chi connectivity index (χ0n) is 18.1. The molecule has 2 aromatic rings. The minimum absolute atomic E-state index is 0.102. The first kappa shape index (κ1) is 22.7. The Morgan fingerprint density at radius 2 is 1.76 bits per heavy atom. The summed E-state index contributed by atoms with van der Waals surface area (Å²) in [5.74, 6) is 1.53. The number of para-hydroxylation sites is 1. The highest BCUT2D eigenvalue weighted by molar-refractivity contribution is 5.79. The van der Waals surface area contributed by atoms with E-state index in [1.807, 2.05) is 69.6 Å². The van der Waals surface area contributed by atoms with E-state index in [0.29, 0.717) is 12.5 Å². The first-order valence-electron chi connectivity index (χ1n) is 9.98. The summed E-state index contributed by atoms with van der Waals surface area (Å²) < 4.78 is 5.54. The Morgan fingerprint density at radius 1 is 1.10 bits per heavy atom. The Morgan fingerprint density at radius 3 is 2.38 bits per heavy atom. The fraction of sp³-hybridized carbons (Fsp3) is 0.435. The van der Waals surface area contributed by atoms with E-state index >= 15 is 0 Å². The molecule has 2 atom stereocenters. The maximum absolute atomic E-state index is 10.8. The first-order chi connectivity index (χ1) is 13.9. The Labute approximate surface area is 174 Å². The Hall–Kier alpha value is -2.57. The number of hydrogen-bond donors (Lipinski definition) is 3. The molecular weight excluding hydrogens is 364 g/mol. The smallest absolute Gasteiger partial charge is 0.191 e. The van der Waals surface area contributed by atoms with Crippen LogP contribution in [0.1, 0.15) is 31.0 Å². The second-order valence-corrected chi connectivity index (χ2v) is 7.44. The van der Waals surface area contributed by atoms with Crippen molar-refractivity contribution in [3.8, 4) is 5.75 Å². The lowest BCUT2D eigenvalue weighted by Crippen LogP contribution is -2.42. The van der Waals surface area contributed by atoms with Crippen LogP contribution in [0.2, 0.25) is 0 Å². The number of aliphatic hydroxyl groups is 1. The van der Waals surface area contributed by atoms with Gasteiger partial charge >= 0.3 is 0 Å². The van der Waals surface area contributed by atoms with Crippen molar-refractivity contribution in [2.45, 2.75) is 25.5 Å². The third-order valence-corrected chi connectivity index (χ3v) is 4.87. The molecule has 2 rings (SSSR count). The molecule has 29 heavy (non-hydrogen) atoms. The van der Waals surface area contributed by atoms with Crippen LogP contribution in [-0.2, 0) is 5.60 Å². The molecule has 0 saturated carbocycles. The molecule has 0 saturated heterocycles. The quantitative estimate of drug-likeness (QED) is 0.448. The number of ether oxygens (including phenoxy) is 1. The number of hydrogen-bond acceptors (Lipinski definition) is 4. The van der Waals surface area contributed by atoms with Gasteiger partial charge in [0.25, 0.3) is 0 Å². The number of guanidine groups is 1. The third kappa shape index (κ3) is 6.48. The number of methoxy groups -OCH3 is 1. The fourth-order valence-corrected chi connectivity index (χ4v) is 3.17. The molecule has 0 heterocycles. The maximum Gasteiger partial charge on any atom is 0.191 e. The molecule has 0 aliphatic rings. The van der Waals surface area contributed by atoms with Crippen molar-refractivity contribution in [3.63, 3.8) is 0 Å². The molecule has 0 spiro atoms. The van der Waals surface area contributed by atoms with Crippen molar-refractivity contribution in [3.05, 3.63) is 65.7 Å². The Kier molecular flexibility index (Phi) is 8.49. The normalized spacial score (nSPS) is 14.9. The molecule has 0 aromatic heterocycles. The predicted octanol–water partition coefficient (Wildman–Crippen LogP) is 2.76. The van der Waals surface area contributed by atoms with Gasteiger partial charge in [0.05, 0.1) is 19.7 Å². The van der Waals surface area contributed by atoms with Gasteiger partial charge in [-0.25, -0.2) is 4.99 Å². The fourth-order valence-electron chi connectivity index (χ4n) is 3.17. The minimum atomic E-state index is -1.03. The van der Waals surface area contributed by atoms with E-state index in [1.54, 1.807) is 14.0 Å². The molecule has 0 radical (unpaired) electrons. The standard InChI is InChI=1S/C23H34N4O2/c1-6-24-22(26-17-23(2,28)18-12-8-7-9-13-18)25-16-20(27(3)4)19-14-10-11-15-21(19)29-5/h7-15,20,28H,6,16-17H2,1-5H3,(H2,24,25,26). The van der Waals surface area contributed by atoms with Gasteiger partial charge < -0.3 is 25.4 Å². The van der Waals surface area contributed by atoms with Crippen LogP contribution in [0, 0.1) is 0 Å². The molecule has 6 heteroatoms. The summed E-state index contributed by atoms with van der Waals surface area (Å²) in [4.78, 5) is 6.77. The molecule has 0 fully saturated rings. The highest BCUT2D eigenvalue weighted by Crippen LogP contribution is 2.27. The Bertz CT molecular complexity index is 775. The van der Waals surface area contributed by atoms with Gasteiger partial charge in [0.2, 0.25) is 0 Å². The van der Waals surface area contributed by atoms with Gasteiger partial charge in [-0.15, -0.1) is 0 Å². The Balaban J connectivity index is 2.13.